The van der Waals surface area contributed by atoms with Crippen molar-refractivity contribution in [1.29, 1.82) is 5.26 Å². The monoisotopic (exact) mass is 280 g/mol. The summed E-state index contributed by atoms with van der Waals surface area (Å²) in [6.07, 6.45) is -0.377. The lowest BCUT2D eigenvalue weighted by atomic mass is 10.2. The number of hydrogen-bond donors (Lipinski definition) is 1. The van der Waals surface area contributed by atoms with E-state index in [-0.39, 0.29) is 18.7 Å². The molecular formula is C13H16N2O3S. The number of amides is 1. The average molecular weight is 280 g/mol. The Hall–Kier alpha value is -1.55. The molecule has 6 heteroatoms. The molecule has 0 aliphatic carbocycles. The van der Waals surface area contributed by atoms with Gasteiger partial charge in [0, 0.05) is 24.7 Å². The molecule has 0 aliphatic heterocycles. The van der Waals surface area contributed by atoms with E-state index in [4.69, 9.17) is 14.7 Å². The van der Waals surface area contributed by atoms with Crippen molar-refractivity contribution in [1.82, 2.24) is 5.32 Å². The van der Waals surface area contributed by atoms with Gasteiger partial charge in [0.2, 0.25) is 5.91 Å². The Morgan fingerprint density at radius 2 is 2.00 bits per heavy atom. The van der Waals surface area contributed by atoms with E-state index in [1.165, 1.54) is 11.8 Å². The number of nitrogens with one attached hydrogen (secondary N) is 1. The maximum Gasteiger partial charge on any atom is 0.231 e. The van der Waals surface area contributed by atoms with Crippen molar-refractivity contribution in [3.63, 3.8) is 0 Å². The summed E-state index contributed by atoms with van der Waals surface area (Å²) in [7, 11) is 3.16. The van der Waals surface area contributed by atoms with Gasteiger partial charge in [-0.05, 0) is 12.1 Å². The van der Waals surface area contributed by atoms with Gasteiger partial charge in [0.15, 0.2) is 6.29 Å². The van der Waals surface area contributed by atoms with Gasteiger partial charge in [-0.2, -0.15) is 5.26 Å². The van der Waals surface area contributed by atoms with Crippen molar-refractivity contribution in [2.45, 2.75) is 11.2 Å². The summed E-state index contributed by atoms with van der Waals surface area (Å²) in [5, 5.41) is 10.8. The molecule has 0 bridgehead atoms. The molecule has 0 aliphatic rings. The first-order chi connectivity index (χ1) is 9.21. The van der Waals surface area contributed by atoms with E-state index < -0.39 is 0 Å². The summed E-state index contributed by atoms with van der Waals surface area (Å²) >= 11 is 1.41. The molecule has 102 valence electrons. The topological polar surface area (TPSA) is 71.3 Å². The Morgan fingerprint density at radius 3 is 2.53 bits per heavy atom. The lowest BCUT2D eigenvalue weighted by Gasteiger charge is -2.13. The third-order valence-corrected chi connectivity index (χ3v) is 3.33. The van der Waals surface area contributed by atoms with Gasteiger partial charge >= 0.3 is 0 Å². The fraction of sp³-hybridized carbons (Fsp3) is 0.385. The van der Waals surface area contributed by atoms with Gasteiger partial charge in [-0.1, -0.05) is 12.1 Å². The van der Waals surface area contributed by atoms with Crippen LogP contribution in [0.15, 0.2) is 29.2 Å². The van der Waals surface area contributed by atoms with E-state index in [1.54, 1.807) is 14.2 Å². The summed E-state index contributed by atoms with van der Waals surface area (Å²) in [5.41, 5.74) is 0.920. The van der Waals surface area contributed by atoms with Crippen LogP contribution in [0.3, 0.4) is 0 Å². The number of rotatable bonds is 7. The number of ether oxygens (including phenoxy) is 2. The van der Waals surface area contributed by atoms with Crippen LogP contribution in [0.1, 0.15) is 11.9 Å². The zero-order valence-electron chi connectivity index (χ0n) is 10.9. The van der Waals surface area contributed by atoms with E-state index in [0.29, 0.717) is 5.75 Å². The average Bonchev–Trinajstić information content (AvgIpc) is 2.45. The Bertz CT molecular complexity index is 438. The molecule has 5 nitrogen and oxygen atoms in total. The fourth-order valence-corrected chi connectivity index (χ4v) is 2.16. The van der Waals surface area contributed by atoms with Crippen molar-refractivity contribution in [2.75, 3.05) is 26.5 Å². The minimum Gasteiger partial charge on any atom is -0.352 e. The van der Waals surface area contributed by atoms with E-state index >= 15 is 0 Å². The van der Waals surface area contributed by atoms with Crippen molar-refractivity contribution < 1.29 is 14.3 Å². The molecule has 1 amide bonds. The molecule has 0 radical (unpaired) electrons. The van der Waals surface area contributed by atoms with Crippen LogP contribution in [-0.4, -0.2) is 32.4 Å². The predicted molar refractivity (Wildman–Crippen MR) is 72.5 cm³/mol. The Balaban J connectivity index is 2.48. The zero-order valence-corrected chi connectivity index (χ0v) is 11.7. The Labute approximate surface area is 116 Å². The smallest absolute Gasteiger partial charge is 0.231 e. The standard InChI is InChI=1S/C13H16N2O3S/c1-17-13(18-2)10-3-5-11(6-4-10)19-9-12(16)15-8-7-14/h3-6,13H,8-9H2,1-2H3,(H,15,16). The third kappa shape index (κ3) is 5.30. The van der Waals surface area contributed by atoms with Crippen LogP contribution in [0.4, 0.5) is 0 Å². The van der Waals surface area contributed by atoms with Gasteiger partial charge in [0.05, 0.1) is 11.8 Å². The molecule has 0 spiro atoms. The molecule has 1 aromatic carbocycles. The molecule has 0 saturated heterocycles. The number of benzene rings is 1. The van der Waals surface area contributed by atoms with E-state index in [1.807, 2.05) is 30.3 Å². The second-order valence-electron chi connectivity index (χ2n) is 3.60. The molecule has 1 rings (SSSR count). The zero-order chi connectivity index (χ0) is 14.1. The molecule has 0 saturated carbocycles. The van der Waals surface area contributed by atoms with Crippen LogP contribution in [0.2, 0.25) is 0 Å². The van der Waals surface area contributed by atoms with Crippen LogP contribution in [0, 0.1) is 11.3 Å². The molecule has 19 heavy (non-hydrogen) atoms. The summed E-state index contributed by atoms with van der Waals surface area (Å²) < 4.78 is 10.3. The molecule has 0 unspecified atom stereocenters. The Kier molecular flexibility index (Phi) is 6.97. The lowest BCUT2D eigenvalue weighted by Crippen LogP contribution is -2.25. The number of hydrogen-bond acceptors (Lipinski definition) is 5. The van der Waals surface area contributed by atoms with Crippen LogP contribution >= 0.6 is 11.8 Å². The van der Waals surface area contributed by atoms with Gasteiger partial charge in [0.25, 0.3) is 0 Å². The van der Waals surface area contributed by atoms with Gasteiger partial charge in [-0.25, -0.2) is 0 Å². The maximum atomic E-state index is 11.3. The number of thioether (sulfide) groups is 1. The van der Waals surface area contributed by atoms with E-state index in [9.17, 15) is 4.79 Å². The first-order valence-electron chi connectivity index (χ1n) is 5.63. The highest BCUT2D eigenvalue weighted by molar-refractivity contribution is 8.00. The minimum absolute atomic E-state index is 0.0433. The lowest BCUT2D eigenvalue weighted by molar-refractivity contribution is -0.118. The predicted octanol–water partition coefficient (Wildman–Crippen LogP) is 1.71. The summed E-state index contributed by atoms with van der Waals surface area (Å²) in [4.78, 5) is 12.3. The van der Waals surface area contributed by atoms with Gasteiger partial charge in [-0.15, -0.1) is 11.8 Å². The second kappa shape index (κ2) is 8.53. The third-order valence-electron chi connectivity index (χ3n) is 2.31. The first-order valence-corrected chi connectivity index (χ1v) is 6.61. The molecule has 0 aromatic heterocycles. The number of nitrogens with zero attached hydrogens (tertiary/aromatic N) is 1. The summed E-state index contributed by atoms with van der Waals surface area (Å²) in [6, 6.07) is 9.46. The normalized spacial score (nSPS) is 10.2. The van der Waals surface area contributed by atoms with Crippen molar-refractivity contribution in [3.05, 3.63) is 29.8 Å². The highest BCUT2D eigenvalue weighted by atomic mass is 32.2. The quantitative estimate of drug-likeness (QED) is 0.468. The van der Waals surface area contributed by atoms with Crippen LogP contribution in [0.25, 0.3) is 0 Å². The van der Waals surface area contributed by atoms with Crippen LogP contribution in [0.5, 0.6) is 0 Å². The van der Waals surface area contributed by atoms with Gasteiger partial charge in [-0.3, -0.25) is 4.79 Å². The number of carbonyl (C=O) groups is 1. The van der Waals surface area contributed by atoms with E-state index in [0.717, 1.165) is 10.5 Å². The molecule has 0 atom stereocenters. The molecule has 1 N–H and O–H groups in total. The first kappa shape index (κ1) is 15.5. The molecule has 0 fully saturated rings. The van der Waals surface area contributed by atoms with Gasteiger partial charge < -0.3 is 14.8 Å². The minimum atomic E-state index is -0.377. The SMILES string of the molecule is COC(OC)c1ccc(SCC(=O)NCC#N)cc1. The van der Waals surface area contributed by atoms with Crippen molar-refractivity contribution in [2.24, 2.45) is 0 Å². The number of nitriles is 1. The second-order valence-corrected chi connectivity index (χ2v) is 4.64. The highest BCUT2D eigenvalue weighted by Crippen LogP contribution is 2.22. The number of methoxy groups -OCH3 is 2. The van der Waals surface area contributed by atoms with Crippen molar-refractivity contribution >= 4 is 17.7 Å². The Morgan fingerprint density at radius 1 is 1.37 bits per heavy atom. The fourth-order valence-electron chi connectivity index (χ4n) is 1.43. The molecule has 1 aromatic rings. The highest BCUT2D eigenvalue weighted by Gasteiger charge is 2.08. The van der Waals surface area contributed by atoms with Gasteiger partial charge in [0.1, 0.15) is 6.54 Å². The van der Waals surface area contributed by atoms with E-state index in [2.05, 4.69) is 5.32 Å². The molecule has 0 heterocycles. The largest absolute Gasteiger partial charge is 0.352 e. The summed E-state index contributed by atoms with van der Waals surface area (Å²) in [5.74, 6) is 0.140. The van der Waals surface area contributed by atoms with Crippen molar-refractivity contribution in [3.8, 4) is 6.07 Å². The number of carbonyl (C=O) groups excluding carboxylic acids is 1. The van der Waals surface area contributed by atoms with Crippen LogP contribution in [-0.2, 0) is 14.3 Å². The maximum absolute atomic E-state index is 11.3. The molecular weight excluding hydrogens is 264 g/mol. The van der Waals surface area contributed by atoms with Crippen LogP contribution < -0.4 is 5.32 Å². The summed E-state index contributed by atoms with van der Waals surface area (Å²) in [6.45, 7) is 0.0433.